The minimum atomic E-state index is -0.484. The lowest BCUT2D eigenvalue weighted by atomic mass is 9.84. The summed E-state index contributed by atoms with van der Waals surface area (Å²) in [5.74, 6) is 1.77. The van der Waals surface area contributed by atoms with Crippen LogP contribution in [0.5, 0.6) is 11.5 Å². The number of aromatic nitrogens is 3. The standard InChI is InChI=1S/C25H18BrFN4O2/c1-32-19-11-8-15(26)12-18(19)24-21-22(17-4-2-3-5-20(17)33-24)30-25-28-13-29-31(25)23(21)14-6-9-16(27)10-7-14/h2-13,23-24H,1H3,(H,28,29,30)/t23-,24-/m0/s1. The maximum absolute atomic E-state index is 13.8. The summed E-state index contributed by atoms with van der Waals surface area (Å²) in [5.41, 5.74) is 4.51. The fraction of sp³-hybridized carbons (Fsp3) is 0.120. The molecule has 0 saturated carbocycles. The number of halogens is 2. The quantitative estimate of drug-likeness (QED) is 0.385. The molecule has 2 aliphatic rings. The van der Waals surface area contributed by atoms with Gasteiger partial charge in [0.25, 0.3) is 0 Å². The van der Waals surface area contributed by atoms with Crippen LogP contribution < -0.4 is 14.8 Å². The zero-order valence-corrected chi connectivity index (χ0v) is 19.1. The van der Waals surface area contributed by atoms with Crippen molar-refractivity contribution in [1.29, 1.82) is 0 Å². The molecule has 0 spiro atoms. The van der Waals surface area contributed by atoms with E-state index in [1.165, 1.54) is 18.5 Å². The van der Waals surface area contributed by atoms with Gasteiger partial charge in [-0.05, 0) is 48.0 Å². The first kappa shape index (κ1) is 20.0. The van der Waals surface area contributed by atoms with Crippen molar-refractivity contribution in [2.24, 2.45) is 0 Å². The van der Waals surface area contributed by atoms with E-state index in [9.17, 15) is 4.39 Å². The van der Waals surface area contributed by atoms with Crippen molar-refractivity contribution < 1.29 is 13.9 Å². The highest BCUT2D eigenvalue weighted by atomic mass is 79.9. The van der Waals surface area contributed by atoms with E-state index in [1.54, 1.807) is 23.9 Å². The monoisotopic (exact) mass is 504 g/mol. The molecule has 0 amide bonds. The molecule has 2 atom stereocenters. The molecule has 3 aromatic carbocycles. The molecule has 4 aromatic rings. The van der Waals surface area contributed by atoms with Crippen LogP contribution in [0.25, 0.3) is 5.70 Å². The van der Waals surface area contributed by atoms with Gasteiger partial charge in [-0.3, -0.25) is 0 Å². The predicted molar refractivity (Wildman–Crippen MR) is 126 cm³/mol. The van der Waals surface area contributed by atoms with Crippen LogP contribution >= 0.6 is 15.9 Å². The van der Waals surface area contributed by atoms with E-state index in [2.05, 4.69) is 31.3 Å². The van der Waals surface area contributed by atoms with Gasteiger partial charge in [0.15, 0.2) is 6.10 Å². The molecule has 0 fully saturated rings. The van der Waals surface area contributed by atoms with Gasteiger partial charge in [-0.15, -0.1) is 0 Å². The van der Waals surface area contributed by atoms with Crippen LogP contribution in [0.3, 0.4) is 0 Å². The van der Waals surface area contributed by atoms with Gasteiger partial charge in [-0.2, -0.15) is 10.1 Å². The average molecular weight is 505 g/mol. The molecule has 3 heterocycles. The lowest BCUT2D eigenvalue weighted by molar-refractivity contribution is 0.217. The van der Waals surface area contributed by atoms with Crippen molar-refractivity contribution in [2.75, 3.05) is 12.4 Å². The van der Waals surface area contributed by atoms with Crippen molar-refractivity contribution in [1.82, 2.24) is 14.8 Å². The lowest BCUT2D eigenvalue weighted by Gasteiger charge is -2.39. The molecule has 164 valence electrons. The summed E-state index contributed by atoms with van der Waals surface area (Å²) in [7, 11) is 1.64. The highest BCUT2D eigenvalue weighted by molar-refractivity contribution is 9.10. The molecule has 1 N–H and O–H groups in total. The number of hydrogen-bond donors (Lipinski definition) is 1. The van der Waals surface area contributed by atoms with Crippen LogP contribution in [0, 0.1) is 5.82 Å². The molecule has 0 saturated heterocycles. The number of benzene rings is 3. The SMILES string of the molecule is COc1ccc(Br)cc1[C@@H]1Oc2ccccc2C2=C1[C@H](c1ccc(F)cc1)n1ncnc1N2. The van der Waals surface area contributed by atoms with Crippen LogP contribution in [-0.4, -0.2) is 21.9 Å². The topological polar surface area (TPSA) is 61.2 Å². The van der Waals surface area contributed by atoms with Crippen LogP contribution in [0.2, 0.25) is 0 Å². The Kier molecular flexibility index (Phi) is 4.69. The summed E-state index contributed by atoms with van der Waals surface area (Å²) in [6.07, 6.45) is 1.03. The van der Waals surface area contributed by atoms with E-state index < -0.39 is 6.10 Å². The van der Waals surface area contributed by atoms with Gasteiger partial charge in [0.1, 0.15) is 29.7 Å². The first-order valence-electron chi connectivity index (χ1n) is 10.4. The van der Waals surface area contributed by atoms with Crippen molar-refractivity contribution in [3.8, 4) is 11.5 Å². The summed E-state index contributed by atoms with van der Waals surface area (Å²) in [5, 5.41) is 7.95. The first-order valence-corrected chi connectivity index (χ1v) is 11.2. The molecule has 0 aliphatic carbocycles. The number of para-hydroxylation sites is 1. The predicted octanol–water partition coefficient (Wildman–Crippen LogP) is 5.75. The Hall–Kier alpha value is -3.65. The zero-order valence-electron chi connectivity index (χ0n) is 17.5. The summed E-state index contributed by atoms with van der Waals surface area (Å²) in [4.78, 5) is 4.42. The van der Waals surface area contributed by atoms with E-state index in [1.807, 2.05) is 42.5 Å². The van der Waals surface area contributed by atoms with Gasteiger partial charge in [0.05, 0.1) is 12.8 Å². The number of rotatable bonds is 3. The van der Waals surface area contributed by atoms with E-state index >= 15 is 0 Å². The van der Waals surface area contributed by atoms with Gasteiger partial charge >= 0.3 is 0 Å². The second-order valence-corrected chi connectivity index (χ2v) is 8.73. The third-order valence-corrected chi connectivity index (χ3v) is 6.47. The Morgan fingerprint density at radius 1 is 1.09 bits per heavy atom. The highest BCUT2D eigenvalue weighted by Crippen LogP contribution is 2.52. The molecule has 2 aliphatic heterocycles. The molecule has 6 rings (SSSR count). The molecule has 0 bridgehead atoms. The largest absolute Gasteiger partial charge is 0.496 e. The van der Waals surface area contributed by atoms with E-state index in [0.29, 0.717) is 11.7 Å². The van der Waals surface area contributed by atoms with Crippen LogP contribution in [-0.2, 0) is 0 Å². The fourth-order valence-corrected chi connectivity index (χ4v) is 4.93. The maximum Gasteiger partial charge on any atom is 0.226 e. The minimum absolute atomic E-state index is 0.295. The Morgan fingerprint density at radius 2 is 1.91 bits per heavy atom. The molecule has 0 unspecified atom stereocenters. The number of methoxy groups -OCH3 is 1. The third-order valence-electron chi connectivity index (χ3n) is 5.98. The fourth-order valence-electron chi connectivity index (χ4n) is 4.55. The average Bonchev–Trinajstić information content (AvgIpc) is 3.31. The Bertz CT molecular complexity index is 1400. The smallest absolute Gasteiger partial charge is 0.226 e. The number of anilines is 1. The third kappa shape index (κ3) is 3.21. The number of ether oxygens (including phenoxy) is 2. The minimum Gasteiger partial charge on any atom is -0.496 e. The van der Waals surface area contributed by atoms with Crippen molar-refractivity contribution in [3.63, 3.8) is 0 Å². The van der Waals surface area contributed by atoms with Crippen molar-refractivity contribution in [2.45, 2.75) is 12.1 Å². The van der Waals surface area contributed by atoms with E-state index in [4.69, 9.17) is 9.47 Å². The van der Waals surface area contributed by atoms with Crippen molar-refractivity contribution in [3.05, 3.63) is 106 Å². The van der Waals surface area contributed by atoms with Gasteiger partial charge in [0, 0.05) is 21.2 Å². The normalized spacial score (nSPS) is 18.5. The van der Waals surface area contributed by atoms with E-state index in [-0.39, 0.29) is 11.9 Å². The number of hydrogen-bond acceptors (Lipinski definition) is 5. The van der Waals surface area contributed by atoms with Crippen LogP contribution in [0.1, 0.15) is 28.8 Å². The maximum atomic E-state index is 13.8. The van der Waals surface area contributed by atoms with Gasteiger partial charge in [-0.25, -0.2) is 9.07 Å². The molecule has 1 aromatic heterocycles. The molecule has 33 heavy (non-hydrogen) atoms. The number of nitrogens with one attached hydrogen (secondary N) is 1. The molecular weight excluding hydrogens is 487 g/mol. The van der Waals surface area contributed by atoms with E-state index in [0.717, 1.165) is 38.2 Å². The molecule has 0 radical (unpaired) electrons. The van der Waals surface area contributed by atoms with Crippen LogP contribution in [0.4, 0.5) is 10.3 Å². The summed E-state index contributed by atoms with van der Waals surface area (Å²) >= 11 is 3.59. The second-order valence-electron chi connectivity index (χ2n) is 7.82. The lowest BCUT2D eigenvalue weighted by Crippen LogP contribution is -2.32. The Labute approximate surface area is 197 Å². The molecule has 8 heteroatoms. The molecular formula is C25H18BrFN4O2. The van der Waals surface area contributed by atoms with Crippen LogP contribution in [0.15, 0.2) is 83.1 Å². The number of fused-ring (bicyclic) bond motifs is 3. The summed E-state index contributed by atoms with van der Waals surface area (Å²) in [6, 6.07) is 19.8. The van der Waals surface area contributed by atoms with Gasteiger partial charge in [-0.1, -0.05) is 40.2 Å². The first-order chi connectivity index (χ1) is 16.1. The Morgan fingerprint density at radius 3 is 2.73 bits per heavy atom. The summed E-state index contributed by atoms with van der Waals surface area (Å²) in [6.45, 7) is 0. The van der Waals surface area contributed by atoms with Crippen molar-refractivity contribution >= 4 is 27.6 Å². The zero-order chi connectivity index (χ0) is 22.5. The Balaban J connectivity index is 1.65. The highest BCUT2D eigenvalue weighted by Gasteiger charge is 2.41. The second kappa shape index (κ2) is 7.74. The molecule has 6 nitrogen and oxygen atoms in total. The van der Waals surface area contributed by atoms with Gasteiger partial charge in [0.2, 0.25) is 5.95 Å². The van der Waals surface area contributed by atoms with Gasteiger partial charge < -0.3 is 14.8 Å². The summed E-state index contributed by atoms with van der Waals surface area (Å²) < 4.78 is 28.8. The number of nitrogens with zero attached hydrogens (tertiary/aromatic N) is 3.